The van der Waals surface area contributed by atoms with Crippen molar-refractivity contribution in [2.75, 3.05) is 52.4 Å². The van der Waals surface area contributed by atoms with Crippen molar-refractivity contribution in [3.05, 3.63) is 0 Å². The van der Waals surface area contributed by atoms with E-state index < -0.39 is 0 Å². The lowest BCUT2D eigenvalue weighted by Crippen LogP contribution is -2.30. The van der Waals surface area contributed by atoms with Gasteiger partial charge in [-0.15, -0.1) is 0 Å². The molecule has 0 aromatic carbocycles. The Morgan fingerprint density at radius 2 is 1.18 bits per heavy atom. The second kappa shape index (κ2) is 8.04. The van der Waals surface area contributed by atoms with Crippen molar-refractivity contribution < 1.29 is 0 Å². The van der Waals surface area contributed by atoms with Gasteiger partial charge in [0, 0.05) is 26.2 Å². The lowest BCUT2D eigenvalue weighted by Gasteiger charge is -2.12. The van der Waals surface area contributed by atoms with Crippen LogP contribution in [-0.4, -0.2) is 62.4 Å². The highest BCUT2D eigenvalue weighted by Gasteiger charge is 2.32. The molecule has 4 rings (SSSR count). The number of hydrazine groups is 2. The molecule has 4 heterocycles. The third-order valence-corrected chi connectivity index (χ3v) is 5.93. The Hall–Kier alpha value is -0.240. The number of nitrogens with two attached hydrogens (primary N) is 2. The molecule has 6 heteroatoms. The van der Waals surface area contributed by atoms with Gasteiger partial charge in [-0.3, -0.25) is 11.7 Å². The average molecular weight is 310 g/mol. The molecule has 0 amide bonds. The first-order valence-electron chi connectivity index (χ1n) is 9.13. The summed E-state index contributed by atoms with van der Waals surface area (Å²) in [5, 5.41) is 10.8. The molecule has 0 aromatic heterocycles. The van der Waals surface area contributed by atoms with Crippen LogP contribution in [0.5, 0.6) is 0 Å². The minimum absolute atomic E-state index is 0.822. The number of hydrogen-bond donors (Lipinski definition) is 4. The van der Waals surface area contributed by atoms with E-state index in [-0.39, 0.29) is 0 Å². The van der Waals surface area contributed by atoms with E-state index in [0.717, 1.165) is 49.9 Å². The Morgan fingerprint density at radius 1 is 0.636 bits per heavy atom. The van der Waals surface area contributed by atoms with Gasteiger partial charge in [-0.1, -0.05) is 0 Å². The van der Waals surface area contributed by atoms with E-state index in [1.165, 1.54) is 51.9 Å². The van der Waals surface area contributed by atoms with Gasteiger partial charge >= 0.3 is 0 Å². The predicted octanol–water partition coefficient (Wildman–Crippen LogP) is -0.417. The lowest BCUT2D eigenvalue weighted by atomic mass is 9.92. The van der Waals surface area contributed by atoms with Crippen LogP contribution in [0, 0.1) is 23.7 Å². The number of nitrogens with zero attached hydrogens (tertiary/aromatic N) is 2. The summed E-state index contributed by atoms with van der Waals surface area (Å²) >= 11 is 0. The van der Waals surface area contributed by atoms with Crippen molar-refractivity contribution >= 4 is 0 Å². The largest absolute Gasteiger partial charge is 0.317 e. The summed E-state index contributed by atoms with van der Waals surface area (Å²) in [5.41, 5.74) is 0. The summed E-state index contributed by atoms with van der Waals surface area (Å²) < 4.78 is 0. The third-order valence-electron chi connectivity index (χ3n) is 5.93. The topological polar surface area (TPSA) is 82.6 Å². The van der Waals surface area contributed by atoms with E-state index in [1.807, 2.05) is 10.0 Å². The maximum Gasteiger partial charge on any atom is 0.0172 e. The van der Waals surface area contributed by atoms with Gasteiger partial charge in [0.05, 0.1) is 0 Å². The van der Waals surface area contributed by atoms with Gasteiger partial charge in [0.25, 0.3) is 0 Å². The van der Waals surface area contributed by atoms with Crippen LogP contribution in [0.1, 0.15) is 25.7 Å². The maximum atomic E-state index is 5.76. The predicted molar refractivity (Wildman–Crippen MR) is 89.7 cm³/mol. The molecule has 6 N–H and O–H groups in total. The van der Waals surface area contributed by atoms with Gasteiger partial charge in [-0.05, 0) is 75.5 Å². The van der Waals surface area contributed by atoms with E-state index in [1.54, 1.807) is 0 Å². The van der Waals surface area contributed by atoms with Crippen molar-refractivity contribution in [2.45, 2.75) is 25.7 Å². The molecule has 128 valence electrons. The first-order chi connectivity index (χ1) is 10.7. The van der Waals surface area contributed by atoms with Gasteiger partial charge in [-0.25, -0.2) is 10.0 Å². The second-order valence-electron chi connectivity index (χ2n) is 7.62. The van der Waals surface area contributed by atoms with Crippen LogP contribution < -0.4 is 22.3 Å². The molecule has 22 heavy (non-hydrogen) atoms. The smallest absolute Gasteiger partial charge is 0.0172 e. The Bertz CT molecular complexity index is 279. The first-order valence-corrected chi connectivity index (χ1v) is 9.13. The zero-order valence-corrected chi connectivity index (χ0v) is 13.8. The fraction of sp³-hybridized carbons (Fsp3) is 1.00. The minimum atomic E-state index is 0.822. The molecule has 4 unspecified atom stereocenters. The highest BCUT2D eigenvalue weighted by atomic mass is 15.4. The summed E-state index contributed by atoms with van der Waals surface area (Å²) in [6.45, 7) is 9.21. The van der Waals surface area contributed by atoms with Gasteiger partial charge in [-0.2, -0.15) is 0 Å². The molecule has 0 aliphatic carbocycles. The van der Waals surface area contributed by atoms with E-state index in [2.05, 4.69) is 10.6 Å². The fourth-order valence-electron chi connectivity index (χ4n) is 4.64. The zero-order chi connectivity index (χ0) is 15.4. The van der Waals surface area contributed by atoms with Crippen molar-refractivity contribution in [3.8, 4) is 0 Å². The lowest BCUT2D eigenvalue weighted by molar-refractivity contribution is 0.328. The van der Waals surface area contributed by atoms with Crippen LogP contribution in [-0.2, 0) is 0 Å². The summed E-state index contributed by atoms with van der Waals surface area (Å²) in [7, 11) is 0. The van der Waals surface area contributed by atoms with Crippen molar-refractivity contribution in [1.29, 1.82) is 0 Å². The van der Waals surface area contributed by atoms with Crippen LogP contribution >= 0.6 is 0 Å². The standard InChI is InChI=1S/2C8H17N3/c9-11-5-7-1-3-10-4-2-8(7)6-11;9-11-5-7-2-1-3-10-4-8(7)6-11/h2*7-8,10H,1-6,9H2. The quantitative estimate of drug-likeness (QED) is 0.455. The number of nitrogens with one attached hydrogen (secondary N) is 2. The highest BCUT2D eigenvalue weighted by molar-refractivity contribution is 4.85. The van der Waals surface area contributed by atoms with Crippen LogP contribution in [0.2, 0.25) is 0 Å². The Kier molecular flexibility index (Phi) is 6.07. The van der Waals surface area contributed by atoms with Crippen molar-refractivity contribution in [2.24, 2.45) is 35.4 Å². The summed E-state index contributed by atoms with van der Waals surface area (Å²) in [4.78, 5) is 0. The van der Waals surface area contributed by atoms with Crippen molar-refractivity contribution in [1.82, 2.24) is 20.7 Å². The number of rotatable bonds is 0. The van der Waals surface area contributed by atoms with Crippen LogP contribution in [0.4, 0.5) is 0 Å². The van der Waals surface area contributed by atoms with E-state index >= 15 is 0 Å². The molecule has 4 aliphatic heterocycles. The third kappa shape index (κ3) is 4.40. The molecule has 4 fully saturated rings. The fourth-order valence-corrected chi connectivity index (χ4v) is 4.64. The average Bonchev–Trinajstić information content (AvgIpc) is 2.83. The van der Waals surface area contributed by atoms with Gasteiger partial charge in [0.15, 0.2) is 0 Å². The summed E-state index contributed by atoms with van der Waals surface area (Å²) in [5.74, 6) is 14.9. The monoisotopic (exact) mass is 310 g/mol. The highest BCUT2D eigenvalue weighted by Crippen LogP contribution is 2.28. The van der Waals surface area contributed by atoms with Crippen LogP contribution in [0.15, 0.2) is 0 Å². The summed E-state index contributed by atoms with van der Waals surface area (Å²) in [6, 6.07) is 0. The second-order valence-corrected chi connectivity index (χ2v) is 7.62. The Morgan fingerprint density at radius 3 is 1.82 bits per heavy atom. The maximum absolute atomic E-state index is 5.76. The van der Waals surface area contributed by atoms with Gasteiger partial charge < -0.3 is 10.6 Å². The first kappa shape index (κ1) is 16.6. The van der Waals surface area contributed by atoms with Gasteiger partial charge in [0.1, 0.15) is 0 Å². The Labute approximate surface area is 134 Å². The molecular formula is C16H34N6. The molecule has 0 radical (unpaired) electrons. The minimum Gasteiger partial charge on any atom is -0.317 e. The van der Waals surface area contributed by atoms with E-state index in [4.69, 9.17) is 11.7 Å². The molecule has 4 saturated heterocycles. The zero-order valence-electron chi connectivity index (χ0n) is 13.8. The molecular weight excluding hydrogens is 276 g/mol. The molecule has 0 saturated carbocycles. The number of fused-ring (bicyclic) bond motifs is 2. The van der Waals surface area contributed by atoms with Gasteiger partial charge in [0.2, 0.25) is 0 Å². The Balaban J connectivity index is 0.000000131. The molecule has 0 aromatic rings. The van der Waals surface area contributed by atoms with Crippen LogP contribution in [0.25, 0.3) is 0 Å². The molecule has 4 atom stereocenters. The van der Waals surface area contributed by atoms with E-state index in [9.17, 15) is 0 Å². The normalized spacial score (nSPS) is 40.1. The SMILES string of the molecule is NN1CC2CCCNCC2C1.NN1CC2CCNCCC2C1. The molecule has 0 bridgehead atoms. The van der Waals surface area contributed by atoms with Crippen LogP contribution in [0.3, 0.4) is 0 Å². The number of hydrogen-bond acceptors (Lipinski definition) is 6. The summed E-state index contributed by atoms with van der Waals surface area (Å²) in [6.07, 6.45) is 5.33. The van der Waals surface area contributed by atoms with E-state index in [0.29, 0.717) is 0 Å². The molecule has 0 spiro atoms. The molecule has 6 nitrogen and oxygen atoms in total. The molecule has 4 aliphatic rings. The van der Waals surface area contributed by atoms with Crippen molar-refractivity contribution in [3.63, 3.8) is 0 Å².